The highest BCUT2D eigenvalue weighted by atomic mass is 16.5. The van der Waals surface area contributed by atoms with Crippen molar-refractivity contribution in [3.8, 4) is 0 Å². The van der Waals surface area contributed by atoms with E-state index in [9.17, 15) is 14.7 Å². The average molecular weight is 186 g/mol. The quantitative estimate of drug-likeness (QED) is 0.460. The minimum absolute atomic E-state index is 0.0813. The number of aliphatic hydroxyl groups is 1. The molecule has 0 saturated carbocycles. The number of esters is 1. The number of carbonyl (C=O) groups excluding carboxylic acids is 2. The maximum atomic E-state index is 11.2. The molecule has 0 aromatic rings. The van der Waals surface area contributed by atoms with Crippen molar-refractivity contribution in [2.24, 2.45) is 0 Å². The number of Topliss-reactive ketones (excluding diaryl/α,β-unsaturated/α-hetero) is 1. The normalized spacial score (nSPS) is 27.0. The number of rotatable bonds is 2. The fourth-order valence-electron chi connectivity index (χ4n) is 1.12. The van der Waals surface area contributed by atoms with Crippen LogP contribution in [-0.2, 0) is 19.1 Å². The number of methoxy groups -OCH3 is 2. The van der Waals surface area contributed by atoms with Gasteiger partial charge in [0.2, 0.25) is 5.60 Å². The number of ether oxygens (including phenoxy) is 2. The molecule has 1 aliphatic rings. The maximum absolute atomic E-state index is 11.2. The van der Waals surface area contributed by atoms with E-state index in [1.165, 1.54) is 7.11 Å². The van der Waals surface area contributed by atoms with E-state index in [1.54, 1.807) is 0 Å². The van der Waals surface area contributed by atoms with Gasteiger partial charge in [-0.15, -0.1) is 0 Å². The predicted octanol–water partition coefficient (Wildman–Crippen LogP) is -0.606. The highest BCUT2D eigenvalue weighted by Gasteiger charge is 2.48. The first-order chi connectivity index (χ1) is 6.04. The van der Waals surface area contributed by atoms with E-state index in [0.29, 0.717) is 0 Å². The lowest BCUT2D eigenvalue weighted by atomic mass is 10.0. The first-order valence-electron chi connectivity index (χ1n) is 3.64. The highest BCUT2D eigenvalue weighted by molar-refractivity contribution is 6.11. The van der Waals surface area contributed by atoms with E-state index in [1.807, 2.05) is 0 Å². The number of ketones is 1. The Bertz CT molecular complexity index is 280. The van der Waals surface area contributed by atoms with Crippen molar-refractivity contribution in [2.45, 2.75) is 12.0 Å². The monoisotopic (exact) mass is 186 g/mol. The summed E-state index contributed by atoms with van der Waals surface area (Å²) >= 11 is 0. The zero-order valence-corrected chi connectivity index (χ0v) is 7.36. The van der Waals surface area contributed by atoms with E-state index in [2.05, 4.69) is 4.74 Å². The summed E-state index contributed by atoms with van der Waals surface area (Å²) in [5, 5.41) is 9.55. The van der Waals surface area contributed by atoms with Gasteiger partial charge in [-0.1, -0.05) is 0 Å². The molecule has 1 unspecified atom stereocenters. The molecule has 0 aromatic carbocycles. The smallest absolute Gasteiger partial charge is 0.350 e. The number of carbonyl (C=O) groups is 2. The third kappa shape index (κ3) is 1.42. The van der Waals surface area contributed by atoms with Crippen LogP contribution >= 0.6 is 0 Å². The summed E-state index contributed by atoms with van der Waals surface area (Å²) in [6, 6.07) is 0. The van der Waals surface area contributed by atoms with Gasteiger partial charge in [0.1, 0.15) is 5.76 Å². The molecule has 0 aromatic heterocycles. The molecule has 0 saturated heterocycles. The average Bonchev–Trinajstić information content (AvgIpc) is 2.42. The molecule has 0 radical (unpaired) electrons. The van der Waals surface area contributed by atoms with Crippen molar-refractivity contribution in [1.82, 2.24) is 0 Å². The number of hydrogen-bond donors (Lipinski definition) is 1. The van der Waals surface area contributed by atoms with Gasteiger partial charge in [0.25, 0.3) is 0 Å². The van der Waals surface area contributed by atoms with Gasteiger partial charge in [0, 0.05) is 6.08 Å². The third-order valence-electron chi connectivity index (χ3n) is 1.89. The Morgan fingerprint density at radius 1 is 1.62 bits per heavy atom. The van der Waals surface area contributed by atoms with E-state index >= 15 is 0 Å². The standard InChI is InChI=1S/C8H10O5/c1-12-5-3-6(9)8(11,4-5)7(10)13-2/h4,11H,3H2,1-2H3. The fraction of sp³-hybridized carbons (Fsp3) is 0.500. The largest absolute Gasteiger partial charge is 0.501 e. The Morgan fingerprint density at radius 3 is 2.62 bits per heavy atom. The minimum atomic E-state index is -2.15. The Morgan fingerprint density at radius 2 is 2.23 bits per heavy atom. The van der Waals surface area contributed by atoms with Crippen LogP contribution < -0.4 is 0 Å². The lowest BCUT2D eigenvalue weighted by Crippen LogP contribution is -2.42. The van der Waals surface area contributed by atoms with Crippen LogP contribution in [0.15, 0.2) is 11.8 Å². The lowest BCUT2D eigenvalue weighted by molar-refractivity contribution is -0.161. The summed E-state index contributed by atoms with van der Waals surface area (Å²) in [7, 11) is 2.47. The van der Waals surface area contributed by atoms with E-state index in [-0.39, 0.29) is 12.2 Å². The fourth-order valence-corrected chi connectivity index (χ4v) is 1.12. The predicted molar refractivity (Wildman–Crippen MR) is 41.7 cm³/mol. The van der Waals surface area contributed by atoms with Gasteiger partial charge < -0.3 is 14.6 Å². The van der Waals surface area contributed by atoms with Gasteiger partial charge in [-0.05, 0) is 0 Å². The van der Waals surface area contributed by atoms with Gasteiger partial charge in [0.15, 0.2) is 5.78 Å². The zero-order chi connectivity index (χ0) is 10.1. The molecule has 1 rings (SSSR count). The molecular weight excluding hydrogens is 176 g/mol. The maximum Gasteiger partial charge on any atom is 0.350 e. The Labute approximate surface area is 74.9 Å². The van der Waals surface area contributed by atoms with Crippen molar-refractivity contribution in [1.29, 1.82) is 0 Å². The molecule has 0 aliphatic heterocycles. The summed E-state index contributed by atoms with van der Waals surface area (Å²) in [5.74, 6) is -1.33. The molecule has 0 fully saturated rings. The number of hydrogen-bond acceptors (Lipinski definition) is 5. The van der Waals surface area contributed by atoms with Crippen LogP contribution in [0.2, 0.25) is 0 Å². The minimum Gasteiger partial charge on any atom is -0.501 e. The lowest BCUT2D eigenvalue weighted by Gasteiger charge is -2.13. The van der Waals surface area contributed by atoms with Gasteiger partial charge in [-0.2, -0.15) is 0 Å². The topological polar surface area (TPSA) is 72.8 Å². The van der Waals surface area contributed by atoms with Gasteiger partial charge in [-0.25, -0.2) is 4.79 Å². The molecule has 5 heteroatoms. The van der Waals surface area contributed by atoms with Gasteiger partial charge in [0.05, 0.1) is 20.6 Å². The van der Waals surface area contributed by atoms with E-state index in [0.717, 1.165) is 13.2 Å². The van der Waals surface area contributed by atoms with Crippen molar-refractivity contribution >= 4 is 11.8 Å². The summed E-state index contributed by atoms with van der Waals surface area (Å²) in [6.45, 7) is 0. The molecular formula is C8H10O5. The SMILES string of the molecule is COC(=O)C1(O)C=C(OC)CC1=O. The van der Waals surface area contributed by atoms with Crippen LogP contribution in [0, 0.1) is 0 Å². The van der Waals surface area contributed by atoms with Crippen molar-refractivity contribution < 1.29 is 24.2 Å². The Kier molecular flexibility index (Phi) is 2.38. The van der Waals surface area contributed by atoms with Crippen LogP contribution in [0.5, 0.6) is 0 Å². The Hall–Kier alpha value is -1.36. The molecule has 1 aliphatic carbocycles. The summed E-state index contributed by atoms with van der Waals surface area (Å²) in [6.07, 6.45) is 0.989. The van der Waals surface area contributed by atoms with Crippen LogP contribution in [0.4, 0.5) is 0 Å². The Balaban J connectivity index is 2.96. The van der Waals surface area contributed by atoms with Crippen molar-refractivity contribution in [3.05, 3.63) is 11.8 Å². The zero-order valence-electron chi connectivity index (χ0n) is 7.36. The number of allylic oxidation sites excluding steroid dienone is 1. The first-order valence-corrected chi connectivity index (χ1v) is 3.64. The van der Waals surface area contributed by atoms with Crippen molar-refractivity contribution in [2.75, 3.05) is 14.2 Å². The van der Waals surface area contributed by atoms with Crippen LogP contribution in [0.25, 0.3) is 0 Å². The van der Waals surface area contributed by atoms with Gasteiger partial charge >= 0.3 is 5.97 Å². The second-order valence-electron chi connectivity index (χ2n) is 2.67. The van der Waals surface area contributed by atoms with E-state index < -0.39 is 17.4 Å². The second-order valence-corrected chi connectivity index (χ2v) is 2.67. The molecule has 0 spiro atoms. The second kappa shape index (κ2) is 3.18. The molecule has 5 nitrogen and oxygen atoms in total. The molecule has 13 heavy (non-hydrogen) atoms. The molecule has 1 atom stereocenters. The van der Waals surface area contributed by atoms with Crippen LogP contribution in [0.1, 0.15) is 6.42 Å². The molecule has 0 heterocycles. The molecule has 1 N–H and O–H groups in total. The van der Waals surface area contributed by atoms with E-state index in [4.69, 9.17) is 4.74 Å². The molecule has 0 amide bonds. The third-order valence-corrected chi connectivity index (χ3v) is 1.89. The van der Waals surface area contributed by atoms with Crippen LogP contribution in [0.3, 0.4) is 0 Å². The summed E-state index contributed by atoms with van der Waals surface area (Å²) in [5.41, 5.74) is -2.15. The highest BCUT2D eigenvalue weighted by Crippen LogP contribution is 2.26. The first kappa shape index (κ1) is 9.73. The van der Waals surface area contributed by atoms with Crippen LogP contribution in [-0.4, -0.2) is 36.7 Å². The van der Waals surface area contributed by atoms with Gasteiger partial charge in [-0.3, -0.25) is 4.79 Å². The summed E-state index contributed by atoms with van der Waals surface area (Å²) < 4.78 is 9.03. The summed E-state index contributed by atoms with van der Waals surface area (Å²) in [4.78, 5) is 22.2. The molecule has 0 bridgehead atoms. The molecule has 72 valence electrons. The van der Waals surface area contributed by atoms with Crippen molar-refractivity contribution in [3.63, 3.8) is 0 Å².